The summed E-state index contributed by atoms with van der Waals surface area (Å²) in [6.07, 6.45) is 0. The predicted octanol–water partition coefficient (Wildman–Crippen LogP) is 0.564. The number of amides is 1. The van der Waals surface area contributed by atoms with Gasteiger partial charge in [-0.15, -0.1) is 12.4 Å². The second-order valence-electron chi connectivity index (χ2n) is 3.48. The smallest absolute Gasteiger partial charge is 0.236 e. The Balaban J connectivity index is 0.00000225. The molecule has 0 unspecified atom stereocenters. The summed E-state index contributed by atoms with van der Waals surface area (Å²) >= 11 is 0. The van der Waals surface area contributed by atoms with Gasteiger partial charge in [0.1, 0.15) is 0 Å². The van der Waals surface area contributed by atoms with Gasteiger partial charge in [-0.3, -0.25) is 4.79 Å². The van der Waals surface area contributed by atoms with E-state index < -0.39 is 6.04 Å². The molecule has 1 aromatic rings. The standard InChI is InChI=1S/C11H16N2O2.ClH/c1-8(12)11(15)13-6-9-3-2-4-10(5-9)7-14;/h2-5,8,14H,6-7,12H2,1H3,(H,13,15);1H/t8-;/m1./s1. The fourth-order valence-corrected chi connectivity index (χ4v) is 1.19. The molecule has 90 valence electrons. The van der Waals surface area contributed by atoms with Crippen molar-refractivity contribution in [2.45, 2.75) is 26.1 Å². The van der Waals surface area contributed by atoms with Crippen LogP contribution in [0.15, 0.2) is 24.3 Å². The molecule has 4 nitrogen and oxygen atoms in total. The molecule has 0 bridgehead atoms. The molecule has 1 amide bonds. The van der Waals surface area contributed by atoms with E-state index >= 15 is 0 Å². The highest BCUT2D eigenvalue weighted by Crippen LogP contribution is 2.04. The molecule has 4 N–H and O–H groups in total. The summed E-state index contributed by atoms with van der Waals surface area (Å²) in [5, 5.41) is 11.6. The average Bonchev–Trinajstić information content (AvgIpc) is 2.26. The number of nitrogens with two attached hydrogens (primary N) is 1. The summed E-state index contributed by atoms with van der Waals surface area (Å²) in [5.74, 6) is -0.176. The third-order valence-electron chi connectivity index (χ3n) is 2.05. The van der Waals surface area contributed by atoms with Crippen molar-refractivity contribution in [1.82, 2.24) is 5.32 Å². The van der Waals surface area contributed by atoms with Crippen molar-refractivity contribution in [1.29, 1.82) is 0 Å². The summed E-state index contributed by atoms with van der Waals surface area (Å²) in [4.78, 5) is 11.2. The molecule has 1 atom stereocenters. The lowest BCUT2D eigenvalue weighted by atomic mass is 10.1. The Bertz CT molecular complexity index is 343. The maximum atomic E-state index is 11.2. The average molecular weight is 245 g/mol. The third-order valence-corrected chi connectivity index (χ3v) is 2.05. The second kappa shape index (κ2) is 7.22. The van der Waals surface area contributed by atoms with Gasteiger partial charge in [-0.1, -0.05) is 24.3 Å². The lowest BCUT2D eigenvalue weighted by molar-refractivity contribution is -0.122. The van der Waals surface area contributed by atoms with Gasteiger partial charge >= 0.3 is 0 Å². The van der Waals surface area contributed by atoms with E-state index in [4.69, 9.17) is 10.8 Å². The Morgan fingerprint density at radius 1 is 1.50 bits per heavy atom. The van der Waals surface area contributed by atoms with E-state index in [2.05, 4.69) is 5.32 Å². The number of aliphatic hydroxyl groups is 1. The Labute approximate surface area is 101 Å². The van der Waals surface area contributed by atoms with Gasteiger partial charge in [0.25, 0.3) is 0 Å². The van der Waals surface area contributed by atoms with Crippen LogP contribution in [0.5, 0.6) is 0 Å². The minimum atomic E-state index is -0.494. The summed E-state index contributed by atoms with van der Waals surface area (Å²) < 4.78 is 0. The summed E-state index contributed by atoms with van der Waals surface area (Å²) in [7, 11) is 0. The van der Waals surface area contributed by atoms with Crippen LogP contribution in [-0.4, -0.2) is 17.1 Å². The van der Waals surface area contributed by atoms with Gasteiger partial charge in [0, 0.05) is 6.54 Å². The van der Waals surface area contributed by atoms with Gasteiger partial charge < -0.3 is 16.2 Å². The molecular weight excluding hydrogens is 228 g/mol. The first kappa shape index (κ1) is 14.9. The van der Waals surface area contributed by atoms with E-state index in [0.29, 0.717) is 6.54 Å². The van der Waals surface area contributed by atoms with Crippen LogP contribution in [-0.2, 0) is 17.9 Å². The van der Waals surface area contributed by atoms with E-state index in [1.165, 1.54) is 0 Å². The predicted molar refractivity (Wildman–Crippen MR) is 65.1 cm³/mol. The summed E-state index contributed by atoms with van der Waals surface area (Å²) in [6.45, 7) is 2.09. The Hall–Kier alpha value is -1.10. The fraction of sp³-hybridized carbons (Fsp3) is 0.364. The minimum Gasteiger partial charge on any atom is -0.392 e. The first-order chi connectivity index (χ1) is 7.13. The molecule has 0 saturated heterocycles. The van der Waals surface area contributed by atoms with Crippen molar-refractivity contribution in [3.05, 3.63) is 35.4 Å². The van der Waals surface area contributed by atoms with E-state index in [1.807, 2.05) is 24.3 Å². The monoisotopic (exact) mass is 244 g/mol. The van der Waals surface area contributed by atoms with Crippen LogP contribution in [0.2, 0.25) is 0 Å². The summed E-state index contributed by atoms with van der Waals surface area (Å²) in [5.41, 5.74) is 7.19. The van der Waals surface area contributed by atoms with Gasteiger partial charge in [-0.25, -0.2) is 0 Å². The number of carbonyl (C=O) groups excluding carboxylic acids is 1. The van der Waals surface area contributed by atoms with Gasteiger partial charge in [0.15, 0.2) is 0 Å². The van der Waals surface area contributed by atoms with Crippen LogP contribution in [0.4, 0.5) is 0 Å². The Kier molecular flexibility index (Phi) is 6.72. The molecule has 0 aliphatic carbocycles. The van der Waals surface area contributed by atoms with Gasteiger partial charge in [-0.2, -0.15) is 0 Å². The van der Waals surface area contributed by atoms with E-state index in [9.17, 15) is 4.79 Å². The van der Waals surface area contributed by atoms with Crippen molar-refractivity contribution in [2.24, 2.45) is 5.73 Å². The van der Waals surface area contributed by atoms with Crippen molar-refractivity contribution in [3.8, 4) is 0 Å². The fourth-order valence-electron chi connectivity index (χ4n) is 1.19. The van der Waals surface area contributed by atoms with Gasteiger partial charge in [0.2, 0.25) is 5.91 Å². The lowest BCUT2D eigenvalue weighted by Crippen LogP contribution is -2.37. The SMILES string of the molecule is C[C@@H](N)C(=O)NCc1cccc(CO)c1.Cl. The van der Waals surface area contributed by atoms with E-state index in [-0.39, 0.29) is 24.9 Å². The molecule has 0 aliphatic rings. The normalized spacial score (nSPS) is 11.4. The van der Waals surface area contributed by atoms with Crippen LogP contribution < -0.4 is 11.1 Å². The number of rotatable bonds is 4. The molecule has 5 heteroatoms. The number of aliphatic hydroxyl groups excluding tert-OH is 1. The highest BCUT2D eigenvalue weighted by Gasteiger charge is 2.05. The van der Waals surface area contributed by atoms with Crippen molar-refractivity contribution < 1.29 is 9.90 Å². The lowest BCUT2D eigenvalue weighted by Gasteiger charge is -2.08. The molecule has 0 heterocycles. The minimum absolute atomic E-state index is 0. The quantitative estimate of drug-likeness (QED) is 0.725. The maximum Gasteiger partial charge on any atom is 0.236 e. The molecule has 0 spiro atoms. The molecule has 16 heavy (non-hydrogen) atoms. The molecule has 0 aliphatic heterocycles. The zero-order chi connectivity index (χ0) is 11.3. The maximum absolute atomic E-state index is 11.2. The third kappa shape index (κ3) is 4.61. The molecule has 0 fully saturated rings. The topological polar surface area (TPSA) is 75.4 Å². The molecule has 1 rings (SSSR count). The molecule has 0 aromatic heterocycles. The molecule has 0 radical (unpaired) electrons. The zero-order valence-corrected chi connectivity index (χ0v) is 9.96. The number of halogens is 1. The largest absolute Gasteiger partial charge is 0.392 e. The van der Waals surface area contributed by atoms with Crippen LogP contribution in [0.3, 0.4) is 0 Å². The van der Waals surface area contributed by atoms with Crippen LogP contribution in [0.1, 0.15) is 18.1 Å². The van der Waals surface area contributed by atoms with Crippen LogP contribution in [0.25, 0.3) is 0 Å². The first-order valence-corrected chi connectivity index (χ1v) is 4.85. The Morgan fingerprint density at radius 3 is 2.69 bits per heavy atom. The van der Waals surface area contributed by atoms with Crippen molar-refractivity contribution in [3.63, 3.8) is 0 Å². The van der Waals surface area contributed by atoms with Crippen molar-refractivity contribution in [2.75, 3.05) is 0 Å². The summed E-state index contributed by atoms with van der Waals surface area (Å²) in [6, 6.07) is 6.92. The number of benzene rings is 1. The molecular formula is C11H17ClN2O2. The van der Waals surface area contributed by atoms with Crippen LogP contribution in [0, 0.1) is 0 Å². The number of hydrogen-bond donors (Lipinski definition) is 3. The van der Waals surface area contributed by atoms with Crippen LogP contribution >= 0.6 is 12.4 Å². The van der Waals surface area contributed by atoms with Gasteiger partial charge in [-0.05, 0) is 18.1 Å². The van der Waals surface area contributed by atoms with E-state index in [1.54, 1.807) is 6.92 Å². The number of carbonyl (C=O) groups is 1. The van der Waals surface area contributed by atoms with E-state index in [0.717, 1.165) is 11.1 Å². The number of hydrogen-bond acceptors (Lipinski definition) is 3. The van der Waals surface area contributed by atoms with Crippen molar-refractivity contribution >= 4 is 18.3 Å². The molecule has 0 saturated carbocycles. The Morgan fingerprint density at radius 2 is 2.12 bits per heavy atom. The number of nitrogens with one attached hydrogen (secondary N) is 1. The second-order valence-corrected chi connectivity index (χ2v) is 3.48. The molecule has 1 aromatic carbocycles. The highest BCUT2D eigenvalue weighted by atomic mass is 35.5. The highest BCUT2D eigenvalue weighted by molar-refractivity contribution is 5.85. The first-order valence-electron chi connectivity index (χ1n) is 4.85. The van der Waals surface area contributed by atoms with Gasteiger partial charge in [0.05, 0.1) is 12.6 Å². The zero-order valence-electron chi connectivity index (χ0n) is 9.14.